The van der Waals surface area contributed by atoms with Crippen LogP contribution in [0, 0.1) is 0 Å². The molecule has 1 aromatic carbocycles. The number of aliphatic hydroxyl groups is 2. The van der Waals surface area contributed by atoms with Gasteiger partial charge in [-0.3, -0.25) is 0 Å². The Kier molecular flexibility index (Phi) is 5.25. The van der Waals surface area contributed by atoms with E-state index in [4.69, 9.17) is 20.4 Å². The van der Waals surface area contributed by atoms with Crippen LogP contribution in [0.5, 0.6) is 0 Å². The lowest BCUT2D eigenvalue weighted by Crippen LogP contribution is -2.29. The lowest BCUT2D eigenvalue weighted by atomic mass is 10.0. The first-order valence-corrected chi connectivity index (χ1v) is 7.14. The molecule has 0 radical (unpaired) electrons. The van der Waals surface area contributed by atoms with Gasteiger partial charge in [0.05, 0.1) is 19.5 Å². The van der Waals surface area contributed by atoms with Crippen LogP contribution in [0.1, 0.15) is 12.7 Å². The van der Waals surface area contributed by atoms with Crippen LogP contribution >= 0.6 is 0 Å². The van der Waals surface area contributed by atoms with Gasteiger partial charge in [0, 0.05) is 42.0 Å². The highest BCUT2D eigenvalue weighted by Crippen LogP contribution is 2.33. The van der Waals surface area contributed by atoms with E-state index in [9.17, 15) is 0 Å². The lowest BCUT2D eigenvalue weighted by molar-refractivity contribution is 0.281. The highest BCUT2D eigenvalue weighted by molar-refractivity contribution is 5.81. The molecule has 4 N–H and O–H groups in total. The number of rotatable bonds is 7. The molecule has 1 heterocycles. The summed E-state index contributed by atoms with van der Waals surface area (Å²) in [5, 5.41) is 18.3. The van der Waals surface area contributed by atoms with Gasteiger partial charge in [0.2, 0.25) is 0 Å². The molecule has 0 saturated heterocycles. The summed E-state index contributed by atoms with van der Waals surface area (Å²) in [7, 11) is 0. The monoisotopic (exact) mass is 290 g/mol. The number of benzene rings is 1. The first-order valence-electron chi connectivity index (χ1n) is 7.14. The average molecular weight is 290 g/mol. The third kappa shape index (κ3) is 3.37. The second-order valence-electron chi connectivity index (χ2n) is 4.82. The highest BCUT2D eigenvalue weighted by Gasteiger charge is 2.13. The molecule has 0 bridgehead atoms. The molecule has 0 spiro atoms. The Morgan fingerprint density at radius 1 is 1.10 bits per heavy atom. The Labute approximate surface area is 124 Å². The van der Waals surface area contributed by atoms with Crippen molar-refractivity contribution in [2.45, 2.75) is 13.3 Å². The molecule has 0 unspecified atom stereocenters. The van der Waals surface area contributed by atoms with Gasteiger partial charge in [-0.15, -0.1) is 0 Å². The van der Waals surface area contributed by atoms with Crippen LogP contribution < -0.4 is 10.6 Å². The zero-order valence-corrected chi connectivity index (χ0v) is 12.2. The second kappa shape index (κ2) is 7.15. The van der Waals surface area contributed by atoms with E-state index in [-0.39, 0.29) is 13.2 Å². The number of nitrogen functional groups attached to an aromatic ring is 1. The number of aliphatic hydroxyl groups excluding tert-OH is 2. The summed E-state index contributed by atoms with van der Waals surface area (Å²) in [4.78, 5) is 1.93. The van der Waals surface area contributed by atoms with Crippen LogP contribution in [0.25, 0.3) is 11.1 Å². The van der Waals surface area contributed by atoms with E-state index in [1.54, 1.807) is 6.26 Å². The van der Waals surface area contributed by atoms with E-state index in [0.29, 0.717) is 18.8 Å². The fraction of sp³-hybridized carbons (Fsp3) is 0.375. The Morgan fingerprint density at radius 3 is 2.43 bits per heavy atom. The fourth-order valence-electron chi connectivity index (χ4n) is 2.44. The zero-order chi connectivity index (χ0) is 15.2. The van der Waals surface area contributed by atoms with Crippen molar-refractivity contribution in [2.24, 2.45) is 0 Å². The predicted octanol–water partition coefficient (Wildman–Crippen LogP) is 1.88. The summed E-state index contributed by atoms with van der Waals surface area (Å²) in [5.74, 6) is 0.898. The SMILES string of the molecule is CCc1occc1-c1cc(N(CCO)CCO)ccc1N. The summed E-state index contributed by atoms with van der Waals surface area (Å²) in [5.41, 5.74) is 9.60. The van der Waals surface area contributed by atoms with Crippen LogP contribution in [-0.2, 0) is 6.42 Å². The van der Waals surface area contributed by atoms with Crippen LogP contribution in [0.2, 0.25) is 0 Å². The summed E-state index contributed by atoms with van der Waals surface area (Å²) in [6.45, 7) is 3.04. The molecule has 21 heavy (non-hydrogen) atoms. The number of furan rings is 1. The molecular formula is C16H22N2O3. The molecule has 0 aliphatic carbocycles. The normalized spacial score (nSPS) is 10.8. The Bertz CT molecular complexity index is 575. The maximum atomic E-state index is 9.15. The highest BCUT2D eigenvalue weighted by atomic mass is 16.3. The number of hydrogen-bond acceptors (Lipinski definition) is 5. The van der Waals surface area contributed by atoms with Crippen molar-refractivity contribution >= 4 is 11.4 Å². The third-order valence-corrected chi connectivity index (χ3v) is 3.50. The quantitative estimate of drug-likeness (QED) is 0.678. The van der Waals surface area contributed by atoms with Gasteiger partial charge in [0.1, 0.15) is 5.76 Å². The molecule has 0 saturated carbocycles. The van der Waals surface area contributed by atoms with Crippen LogP contribution in [-0.4, -0.2) is 36.5 Å². The van der Waals surface area contributed by atoms with Crippen LogP contribution in [0.15, 0.2) is 34.9 Å². The number of nitrogens with two attached hydrogens (primary N) is 1. The smallest absolute Gasteiger partial charge is 0.111 e. The molecule has 0 aliphatic rings. The maximum Gasteiger partial charge on any atom is 0.111 e. The molecule has 0 amide bonds. The molecule has 0 atom stereocenters. The third-order valence-electron chi connectivity index (χ3n) is 3.50. The first kappa shape index (κ1) is 15.4. The summed E-state index contributed by atoms with van der Waals surface area (Å²) in [6.07, 6.45) is 2.46. The standard InChI is InChI=1S/C16H22N2O3/c1-2-16-13(5-10-21-16)14-11-12(3-4-15(14)17)18(6-8-19)7-9-20/h3-5,10-11,19-20H,2,6-9,17H2,1H3. The minimum absolute atomic E-state index is 0.0334. The van der Waals surface area contributed by atoms with Crippen molar-refractivity contribution in [2.75, 3.05) is 36.9 Å². The zero-order valence-electron chi connectivity index (χ0n) is 12.2. The maximum absolute atomic E-state index is 9.15. The van der Waals surface area contributed by atoms with Gasteiger partial charge >= 0.3 is 0 Å². The van der Waals surface area contributed by atoms with Gasteiger partial charge in [-0.05, 0) is 24.3 Å². The number of hydrogen-bond donors (Lipinski definition) is 3. The molecule has 2 aromatic rings. The van der Waals surface area contributed by atoms with E-state index in [1.807, 2.05) is 36.1 Å². The Hall–Kier alpha value is -1.98. The summed E-state index contributed by atoms with van der Waals surface area (Å²) in [6, 6.07) is 7.64. The van der Waals surface area contributed by atoms with E-state index in [1.165, 1.54) is 0 Å². The molecule has 5 nitrogen and oxygen atoms in total. The van der Waals surface area contributed by atoms with E-state index < -0.39 is 0 Å². The molecule has 0 aliphatic heterocycles. The van der Waals surface area contributed by atoms with Crippen molar-refractivity contribution in [3.05, 3.63) is 36.3 Å². The minimum atomic E-state index is 0.0334. The van der Waals surface area contributed by atoms with Crippen molar-refractivity contribution in [3.63, 3.8) is 0 Å². The summed E-state index contributed by atoms with van der Waals surface area (Å²) < 4.78 is 5.47. The van der Waals surface area contributed by atoms with Gasteiger partial charge in [0.15, 0.2) is 0 Å². The number of nitrogens with zero attached hydrogens (tertiary/aromatic N) is 1. The minimum Gasteiger partial charge on any atom is -0.469 e. The number of anilines is 2. The Balaban J connectivity index is 2.41. The largest absolute Gasteiger partial charge is 0.469 e. The van der Waals surface area contributed by atoms with Gasteiger partial charge < -0.3 is 25.3 Å². The van der Waals surface area contributed by atoms with Gasteiger partial charge in [-0.1, -0.05) is 6.92 Å². The topological polar surface area (TPSA) is 82.9 Å². The van der Waals surface area contributed by atoms with Crippen molar-refractivity contribution in [1.82, 2.24) is 0 Å². The average Bonchev–Trinajstić information content (AvgIpc) is 2.96. The molecule has 114 valence electrons. The Morgan fingerprint density at radius 2 is 1.81 bits per heavy atom. The van der Waals surface area contributed by atoms with E-state index in [2.05, 4.69) is 0 Å². The van der Waals surface area contributed by atoms with E-state index in [0.717, 1.165) is 29.0 Å². The molecule has 2 rings (SSSR count). The van der Waals surface area contributed by atoms with Crippen LogP contribution in [0.4, 0.5) is 11.4 Å². The first-order chi connectivity index (χ1) is 10.2. The van der Waals surface area contributed by atoms with E-state index >= 15 is 0 Å². The molecule has 5 heteroatoms. The molecule has 0 fully saturated rings. The number of aryl methyl sites for hydroxylation is 1. The molecular weight excluding hydrogens is 268 g/mol. The van der Waals surface area contributed by atoms with Crippen molar-refractivity contribution < 1.29 is 14.6 Å². The fourth-order valence-corrected chi connectivity index (χ4v) is 2.44. The molecule has 1 aromatic heterocycles. The summed E-state index contributed by atoms with van der Waals surface area (Å²) >= 11 is 0. The second-order valence-corrected chi connectivity index (χ2v) is 4.82. The van der Waals surface area contributed by atoms with Crippen molar-refractivity contribution in [3.8, 4) is 11.1 Å². The van der Waals surface area contributed by atoms with Gasteiger partial charge in [-0.2, -0.15) is 0 Å². The van der Waals surface area contributed by atoms with Gasteiger partial charge in [-0.25, -0.2) is 0 Å². The van der Waals surface area contributed by atoms with Gasteiger partial charge in [0.25, 0.3) is 0 Å². The van der Waals surface area contributed by atoms with Crippen LogP contribution in [0.3, 0.4) is 0 Å². The predicted molar refractivity (Wildman–Crippen MR) is 84.3 cm³/mol. The lowest BCUT2D eigenvalue weighted by Gasteiger charge is -2.24. The van der Waals surface area contributed by atoms with Crippen molar-refractivity contribution in [1.29, 1.82) is 0 Å².